The molecule has 1 rings (SSSR count). The number of halogens is 2. The number of aryl methyl sites for hydroxylation is 1. The van der Waals surface area contributed by atoms with Gasteiger partial charge >= 0.3 is 0 Å². The summed E-state index contributed by atoms with van der Waals surface area (Å²) in [4.78, 5) is 0. The van der Waals surface area contributed by atoms with Gasteiger partial charge in [0.15, 0.2) is 0 Å². The lowest BCUT2D eigenvalue weighted by atomic mass is 10.1. The minimum Gasteiger partial charge on any atom is -0.327 e. The fraction of sp³-hybridized carbons (Fsp3) is 0.273. The molecule has 3 heteroatoms. The first-order chi connectivity index (χ1) is 6.76. The minimum absolute atomic E-state index is 0.306. The van der Waals surface area contributed by atoms with E-state index in [0.29, 0.717) is 24.9 Å². The van der Waals surface area contributed by atoms with Gasteiger partial charge in [0.25, 0.3) is 0 Å². The van der Waals surface area contributed by atoms with E-state index < -0.39 is 0 Å². The number of hydrogen-bond donors (Lipinski definition) is 1. The Morgan fingerprint density at radius 2 is 2.00 bits per heavy atom. The molecular formula is C11H13FIN. The van der Waals surface area contributed by atoms with Crippen LogP contribution in [-0.4, -0.2) is 6.54 Å². The van der Waals surface area contributed by atoms with Crippen LogP contribution in [0.1, 0.15) is 12.0 Å². The van der Waals surface area contributed by atoms with Gasteiger partial charge in [-0.2, -0.15) is 0 Å². The van der Waals surface area contributed by atoms with Crippen molar-refractivity contribution in [2.75, 3.05) is 6.54 Å². The molecule has 1 aromatic rings. The summed E-state index contributed by atoms with van der Waals surface area (Å²) in [5.41, 5.74) is 7.25. The van der Waals surface area contributed by atoms with E-state index in [1.807, 2.05) is 0 Å². The van der Waals surface area contributed by atoms with Crippen LogP contribution < -0.4 is 5.73 Å². The Bertz CT molecular complexity index is 306. The first-order valence-corrected chi connectivity index (χ1v) is 5.56. The Morgan fingerprint density at radius 3 is 2.50 bits per heavy atom. The summed E-state index contributed by atoms with van der Waals surface area (Å²) in [5.74, 6) is 0. The Kier molecular flexibility index (Phi) is 5.11. The topological polar surface area (TPSA) is 26.0 Å². The van der Waals surface area contributed by atoms with Crippen molar-refractivity contribution in [1.29, 1.82) is 0 Å². The van der Waals surface area contributed by atoms with Gasteiger partial charge in [0, 0.05) is 10.1 Å². The molecule has 0 saturated carbocycles. The number of nitrogens with two attached hydrogens (primary N) is 1. The van der Waals surface area contributed by atoms with Crippen molar-refractivity contribution >= 4 is 22.6 Å². The van der Waals surface area contributed by atoms with Crippen molar-refractivity contribution < 1.29 is 4.39 Å². The van der Waals surface area contributed by atoms with E-state index in [1.54, 1.807) is 0 Å². The Morgan fingerprint density at radius 1 is 1.36 bits per heavy atom. The van der Waals surface area contributed by atoms with E-state index >= 15 is 0 Å². The minimum atomic E-state index is 0.306. The van der Waals surface area contributed by atoms with Crippen molar-refractivity contribution in [3.63, 3.8) is 0 Å². The molecule has 14 heavy (non-hydrogen) atoms. The van der Waals surface area contributed by atoms with E-state index in [0.717, 1.165) is 6.42 Å². The summed E-state index contributed by atoms with van der Waals surface area (Å²) in [5, 5.41) is 0. The van der Waals surface area contributed by atoms with E-state index in [4.69, 9.17) is 5.73 Å². The van der Waals surface area contributed by atoms with Crippen molar-refractivity contribution in [3.05, 3.63) is 45.3 Å². The summed E-state index contributed by atoms with van der Waals surface area (Å²) in [6.45, 7) is 0.306. The van der Waals surface area contributed by atoms with E-state index in [-0.39, 0.29) is 0 Å². The molecule has 0 saturated heterocycles. The number of hydrogen-bond acceptors (Lipinski definition) is 1. The molecule has 0 amide bonds. The highest BCUT2D eigenvalue weighted by Crippen LogP contribution is 2.11. The SMILES string of the molecule is NC/C(=C/F)CCc1ccc([123I])cc1. The van der Waals surface area contributed by atoms with Gasteiger partial charge in [-0.25, -0.2) is 4.39 Å². The molecule has 0 radical (unpaired) electrons. The summed E-state index contributed by atoms with van der Waals surface area (Å²) in [7, 11) is 0. The smallest absolute Gasteiger partial charge is 0.0871 e. The predicted molar refractivity (Wildman–Crippen MR) is 65.7 cm³/mol. The van der Waals surface area contributed by atoms with Gasteiger partial charge in [-0.15, -0.1) is 0 Å². The van der Waals surface area contributed by atoms with Gasteiger partial charge in [-0.05, 0) is 58.7 Å². The molecule has 0 aliphatic rings. The van der Waals surface area contributed by atoms with Gasteiger partial charge in [-0.3, -0.25) is 0 Å². The van der Waals surface area contributed by atoms with Crippen molar-refractivity contribution in [3.8, 4) is 0 Å². The number of rotatable bonds is 4. The van der Waals surface area contributed by atoms with Crippen LogP contribution in [0.3, 0.4) is 0 Å². The predicted octanol–water partition coefficient (Wildman–Crippen LogP) is 3.04. The molecule has 1 aromatic carbocycles. The summed E-state index contributed by atoms with van der Waals surface area (Å²) >= 11 is 2.26. The van der Waals surface area contributed by atoms with E-state index in [2.05, 4.69) is 46.9 Å². The largest absolute Gasteiger partial charge is 0.327 e. The molecule has 2 N–H and O–H groups in total. The Labute approximate surface area is 97.3 Å². The third-order valence-electron chi connectivity index (χ3n) is 2.06. The molecule has 0 fully saturated rings. The lowest BCUT2D eigenvalue weighted by Gasteiger charge is -2.03. The second-order valence-corrected chi connectivity index (χ2v) is 4.34. The number of benzene rings is 1. The third-order valence-corrected chi connectivity index (χ3v) is 2.78. The van der Waals surface area contributed by atoms with Crippen LogP contribution in [-0.2, 0) is 6.42 Å². The monoisotopic (exact) mass is 301 g/mol. The fourth-order valence-corrected chi connectivity index (χ4v) is 1.52. The van der Waals surface area contributed by atoms with Gasteiger partial charge in [0.1, 0.15) is 0 Å². The molecule has 1 nitrogen and oxygen atoms in total. The zero-order valence-corrected chi connectivity index (χ0v) is 10.00. The molecule has 0 aliphatic heterocycles. The summed E-state index contributed by atoms with van der Waals surface area (Å²) < 4.78 is 13.4. The van der Waals surface area contributed by atoms with Crippen LogP contribution >= 0.6 is 22.6 Å². The average molecular weight is 301 g/mol. The van der Waals surface area contributed by atoms with Gasteiger partial charge in [0.05, 0.1) is 6.33 Å². The average Bonchev–Trinajstić information content (AvgIpc) is 2.22. The third kappa shape index (κ3) is 3.75. The molecule has 76 valence electrons. The molecule has 0 aromatic heterocycles. The first-order valence-electron chi connectivity index (χ1n) is 4.49. The van der Waals surface area contributed by atoms with Gasteiger partial charge in [-0.1, -0.05) is 12.1 Å². The lowest BCUT2D eigenvalue weighted by Crippen LogP contribution is -2.03. The van der Waals surface area contributed by atoms with Gasteiger partial charge in [0.2, 0.25) is 0 Å². The zero-order valence-electron chi connectivity index (χ0n) is 7.84. The van der Waals surface area contributed by atoms with Crippen LogP contribution in [0.4, 0.5) is 4.39 Å². The van der Waals surface area contributed by atoms with Crippen molar-refractivity contribution in [2.45, 2.75) is 12.8 Å². The molecule has 0 aliphatic carbocycles. The zero-order chi connectivity index (χ0) is 10.4. The quantitative estimate of drug-likeness (QED) is 0.850. The van der Waals surface area contributed by atoms with Crippen molar-refractivity contribution in [2.24, 2.45) is 5.73 Å². The lowest BCUT2D eigenvalue weighted by molar-refractivity contribution is 0.692. The molecule has 0 bridgehead atoms. The molecule has 0 heterocycles. The molecule has 0 spiro atoms. The maximum absolute atomic E-state index is 12.2. The van der Waals surface area contributed by atoms with Crippen LogP contribution in [0.2, 0.25) is 0 Å². The van der Waals surface area contributed by atoms with Gasteiger partial charge < -0.3 is 5.73 Å². The van der Waals surface area contributed by atoms with Crippen LogP contribution in [0.25, 0.3) is 0 Å². The Balaban J connectivity index is 2.49. The first kappa shape index (κ1) is 11.7. The van der Waals surface area contributed by atoms with Crippen LogP contribution in [0, 0.1) is 3.57 Å². The Hall–Kier alpha value is -0.420. The van der Waals surface area contributed by atoms with E-state index in [1.165, 1.54) is 9.13 Å². The second kappa shape index (κ2) is 6.14. The normalized spacial score (nSPS) is 11.8. The highest BCUT2D eigenvalue weighted by Gasteiger charge is 1.97. The standard InChI is InChI=1S/C11H13FIN/c12-7-10(8-14)2-1-9-3-5-11(13)6-4-9/h3-7H,1-2,8,14H2/b10-7+/i13-4. The fourth-order valence-electron chi connectivity index (χ4n) is 1.16. The molecular weight excluding hydrogens is 288 g/mol. The molecule has 0 unspecified atom stereocenters. The summed E-state index contributed by atoms with van der Waals surface area (Å²) in [6, 6.07) is 8.23. The maximum Gasteiger partial charge on any atom is 0.0871 e. The van der Waals surface area contributed by atoms with Crippen molar-refractivity contribution in [1.82, 2.24) is 0 Å². The highest BCUT2D eigenvalue weighted by atomic mass is 123. The summed E-state index contributed by atoms with van der Waals surface area (Å²) in [6.07, 6.45) is 2.17. The maximum atomic E-state index is 12.2. The second-order valence-electron chi connectivity index (χ2n) is 3.10. The highest BCUT2D eigenvalue weighted by molar-refractivity contribution is 14.1. The van der Waals surface area contributed by atoms with Crippen LogP contribution in [0.15, 0.2) is 36.2 Å². The van der Waals surface area contributed by atoms with Crippen LogP contribution in [0.5, 0.6) is 0 Å². The van der Waals surface area contributed by atoms with E-state index in [9.17, 15) is 4.39 Å². The molecule has 0 atom stereocenters.